The van der Waals surface area contributed by atoms with Gasteiger partial charge in [-0.25, -0.2) is 0 Å². The van der Waals surface area contributed by atoms with Crippen LogP contribution in [-0.2, 0) is 6.54 Å². The van der Waals surface area contributed by atoms with Crippen molar-refractivity contribution in [2.45, 2.75) is 20.4 Å². The second-order valence-electron chi connectivity index (χ2n) is 6.19. The number of amides is 1. The van der Waals surface area contributed by atoms with Crippen molar-refractivity contribution < 1.29 is 18.4 Å². The summed E-state index contributed by atoms with van der Waals surface area (Å²) in [6, 6.07) is 15.2. The van der Waals surface area contributed by atoms with Crippen LogP contribution >= 0.6 is 0 Å². The first kappa shape index (κ1) is 17.8. The number of furan rings is 1. The number of nitrogens with zero attached hydrogens (tertiary/aromatic N) is 2. The van der Waals surface area contributed by atoms with Crippen molar-refractivity contribution in [2.75, 3.05) is 6.61 Å². The number of aromatic nitrogens is 2. The van der Waals surface area contributed by atoms with Gasteiger partial charge in [-0.2, -0.15) is 0 Å². The van der Waals surface area contributed by atoms with Crippen LogP contribution in [0.1, 0.15) is 28.7 Å². The first-order valence-corrected chi connectivity index (χ1v) is 8.98. The van der Waals surface area contributed by atoms with Crippen molar-refractivity contribution in [1.82, 2.24) is 15.5 Å². The van der Waals surface area contributed by atoms with E-state index in [-0.39, 0.29) is 18.3 Å². The van der Waals surface area contributed by atoms with Crippen LogP contribution < -0.4 is 10.1 Å². The Hall–Kier alpha value is -3.61. The third kappa shape index (κ3) is 3.34. The number of rotatable bonds is 6. The van der Waals surface area contributed by atoms with Gasteiger partial charge in [0.1, 0.15) is 11.3 Å². The zero-order chi connectivity index (χ0) is 19.5. The molecule has 0 saturated heterocycles. The van der Waals surface area contributed by atoms with E-state index >= 15 is 0 Å². The molecule has 1 N–H and O–H groups in total. The zero-order valence-electron chi connectivity index (χ0n) is 15.6. The van der Waals surface area contributed by atoms with Crippen molar-refractivity contribution >= 4 is 16.9 Å². The third-order valence-corrected chi connectivity index (χ3v) is 4.37. The maximum Gasteiger partial charge on any atom is 0.309 e. The summed E-state index contributed by atoms with van der Waals surface area (Å²) in [6.45, 7) is 4.66. The molecular formula is C21H19N3O4. The second-order valence-corrected chi connectivity index (χ2v) is 6.19. The summed E-state index contributed by atoms with van der Waals surface area (Å²) in [5.74, 6) is 0.792. The van der Waals surface area contributed by atoms with Crippen molar-refractivity contribution in [3.8, 4) is 17.4 Å². The van der Waals surface area contributed by atoms with Gasteiger partial charge in [-0.15, -0.1) is 10.2 Å². The highest BCUT2D eigenvalue weighted by Crippen LogP contribution is 2.32. The van der Waals surface area contributed by atoms with E-state index in [0.717, 1.165) is 27.8 Å². The molecular weight excluding hydrogens is 358 g/mol. The lowest BCUT2D eigenvalue weighted by molar-refractivity contribution is 0.0916. The molecule has 0 fully saturated rings. The van der Waals surface area contributed by atoms with E-state index in [0.29, 0.717) is 12.4 Å². The Labute approximate surface area is 161 Å². The monoisotopic (exact) mass is 377 g/mol. The number of nitrogens with one attached hydrogen (secondary N) is 1. The normalized spacial score (nSPS) is 10.9. The molecule has 0 radical (unpaired) electrons. The Balaban J connectivity index is 1.51. The van der Waals surface area contributed by atoms with Crippen LogP contribution in [0.5, 0.6) is 5.75 Å². The summed E-state index contributed by atoms with van der Waals surface area (Å²) in [5, 5.41) is 11.6. The van der Waals surface area contributed by atoms with Gasteiger partial charge in [0.2, 0.25) is 0 Å². The summed E-state index contributed by atoms with van der Waals surface area (Å²) in [5.41, 5.74) is 2.48. The molecule has 0 saturated carbocycles. The SMILES string of the molecule is CCOc1ccccc1CNC(=O)c1nnc(-c2oc3ccccc3c2C)o1. The van der Waals surface area contributed by atoms with E-state index in [4.69, 9.17) is 13.6 Å². The highest BCUT2D eigenvalue weighted by molar-refractivity contribution is 5.90. The van der Waals surface area contributed by atoms with E-state index in [2.05, 4.69) is 15.5 Å². The molecule has 142 valence electrons. The molecule has 2 aromatic heterocycles. The van der Waals surface area contributed by atoms with Gasteiger partial charge < -0.3 is 18.9 Å². The molecule has 0 spiro atoms. The Bertz CT molecular complexity index is 1130. The van der Waals surface area contributed by atoms with Gasteiger partial charge >= 0.3 is 11.8 Å². The molecule has 0 unspecified atom stereocenters. The third-order valence-electron chi connectivity index (χ3n) is 4.37. The van der Waals surface area contributed by atoms with Crippen molar-refractivity contribution in [2.24, 2.45) is 0 Å². The first-order valence-electron chi connectivity index (χ1n) is 8.98. The minimum absolute atomic E-state index is 0.122. The average molecular weight is 377 g/mol. The predicted octanol–water partition coefficient (Wildman–Crippen LogP) is 4.12. The molecule has 0 bridgehead atoms. The van der Waals surface area contributed by atoms with Gasteiger partial charge in [0, 0.05) is 23.1 Å². The Morgan fingerprint density at radius 1 is 1.07 bits per heavy atom. The maximum atomic E-state index is 12.4. The fourth-order valence-corrected chi connectivity index (χ4v) is 2.98. The van der Waals surface area contributed by atoms with Crippen molar-refractivity contribution in [1.29, 1.82) is 0 Å². The fourth-order valence-electron chi connectivity index (χ4n) is 2.98. The number of carbonyl (C=O) groups is 1. The van der Waals surface area contributed by atoms with Crippen LogP contribution in [0.4, 0.5) is 0 Å². The van der Waals surface area contributed by atoms with Crippen LogP contribution in [-0.4, -0.2) is 22.7 Å². The first-order chi connectivity index (χ1) is 13.7. The van der Waals surface area contributed by atoms with Crippen LogP contribution in [0, 0.1) is 6.92 Å². The number of hydrogen-bond donors (Lipinski definition) is 1. The number of hydrogen-bond acceptors (Lipinski definition) is 6. The van der Waals surface area contributed by atoms with Crippen molar-refractivity contribution in [3.05, 3.63) is 65.5 Å². The minimum Gasteiger partial charge on any atom is -0.494 e. The van der Waals surface area contributed by atoms with Gasteiger partial charge in [-0.1, -0.05) is 36.4 Å². The lowest BCUT2D eigenvalue weighted by Crippen LogP contribution is -2.23. The maximum absolute atomic E-state index is 12.4. The van der Waals surface area contributed by atoms with Gasteiger partial charge in [0.05, 0.1) is 6.61 Å². The molecule has 7 nitrogen and oxygen atoms in total. The summed E-state index contributed by atoms with van der Waals surface area (Å²) >= 11 is 0. The Morgan fingerprint density at radius 2 is 1.86 bits per heavy atom. The molecule has 2 heterocycles. The van der Waals surface area contributed by atoms with E-state index in [1.165, 1.54) is 0 Å². The van der Waals surface area contributed by atoms with E-state index < -0.39 is 5.91 Å². The molecule has 0 aliphatic heterocycles. The number of aryl methyl sites for hydroxylation is 1. The van der Waals surface area contributed by atoms with Crippen LogP contribution in [0.2, 0.25) is 0 Å². The smallest absolute Gasteiger partial charge is 0.309 e. The molecule has 7 heteroatoms. The standard InChI is InChI=1S/C21H19N3O4/c1-3-26-16-10-6-4-8-14(16)12-22-19(25)21-24-23-20(28-21)18-13(2)15-9-5-7-11-17(15)27-18/h4-11H,3,12H2,1-2H3,(H,22,25). The lowest BCUT2D eigenvalue weighted by Gasteiger charge is -2.09. The summed E-state index contributed by atoms with van der Waals surface area (Å²) in [7, 11) is 0. The number of benzene rings is 2. The lowest BCUT2D eigenvalue weighted by atomic mass is 10.1. The topological polar surface area (TPSA) is 90.4 Å². The van der Waals surface area contributed by atoms with E-state index in [1.807, 2.05) is 62.4 Å². The molecule has 0 aliphatic rings. The highest BCUT2D eigenvalue weighted by Gasteiger charge is 2.21. The number of ether oxygens (including phenoxy) is 1. The number of para-hydroxylation sites is 2. The summed E-state index contributed by atoms with van der Waals surface area (Å²) in [6.07, 6.45) is 0. The summed E-state index contributed by atoms with van der Waals surface area (Å²) < 4.78 is 16.9. The molecule has 28 heavy (non-hydrogen) atoms. The second kappa shape index (κ2) is 7.56. The van der Waals surface area contributed by atoms with Crippen molar-refractivity contribution in [3.63, 3.8) is 0 Å². The summed E-state index contributed by atoms with van der Waals surface area (Å²) in [4.78, 5) is 12.4. The van der Waals surface area contributed by atoms with E-state index in [1.54, 1.807) is 0 Å². The number of carbonyl (C=O) groups excluding carboxylic acids is 1. The molecule has 1 amide bonds. The Morgan fingerprint density at radius 3 is 2.68 bits per heavy atom. The fraction of sp³-hybridized carbons (Fsp3) is 0.190. The quantitative estimate of drug-likeness (QED) is 0.544. The zero-order valence-corrected chi connectivity index (χ0v) is 15.6. The molecule has 4 rings (SSSR count). The average Bonchev–Trinajstić information content (AvgIpc) is 3.33. The Kier molecular flexibility index (Phi) is 4.80. The van der Waals surface area contributed by atoms with Crippen LogP contribution in [0.3, 0.4) is 0 Å². The minimum atomic E-state index is -0.459. The van der Waals surface area contributed by atoms with Gasteiger partial charge in [-0.05, 0) is 26.0 Å². The van der Waals surface area contributed by atoms with Crippen LogP contribution in [0.15, 0.2) is 57.4 Å². The van der Waals surface area contributed by atoms with Crippen LogP contribution in [0.25, 0.3) is 22.6 Å². The van der Waals surface area contributed by atoms with Gasteiger partial charge in [-0.3, -0.25) is 4.79 Å². The predicted molar refractivity (Wildman–Crippen MR) is 103 cm³/mol. The molecule has 0 aliphatic carbocycles. The highest BCUT2D eigenvalue weighted by atomic mass is 16.5. The molecule has 4 aromatic rings. The van der Waals surface area contributed by atoms with Gasteiger partial charge in [0.15, 0.2) is 5.76 Å². The molecule has 2 aromatic carbocycles. The number of fused-ring (bicyclic) bond motifs is 1. The molecule has 0 atom stereocenters. The van der Waals surface area contributed by atoms with Gasteiger partial charge in [0.25, 0.3) is 5.89 Å². The largest absolute Gasteiger partial charge is 0.494 e. The van der Waals surface area contributed by atoms with E-state index in [9.17, 15) is 4.79 Å².